The van der Waals surface area contributed by atoms with Gasteiger partial charge >= 0.3 is 0 Å². The van der Waals surface area contributed by atoms with E-state index in [1.165, 1.54) is 191 Å². The van der Waals surface area contributed by atoms with Gasteiger partial charge in [-0.2, -0.15) is 0 Å². The molecule has 2 aliphatic heterocycles. The molecule has 2 rings (SSSR count). The van der Waals surface area contributed by atoms with Crippen LogP contribution in [0, 0.1) is 0 Å². The molecule has 0 aromatic rings. The van der Waals surface area contributed by atoms with Gasteiger partial charge in [0.25, 0.3) is 0 Å². The Labute approximate surface area is 288 Å². The Hall–Kier alpha value is -1.58. The molecule has 0 N–H and O–H groups in total. The van der Waals surface area contributed by atoms with Crippen molar-refractivity contribution in [3.63, 3.8) is 0 Å². The van der Waals surface area contributed by atoms with Crippen LogP contribution in [-0.2, 0) is 0 Å². The second-order valence-electron chi connectivity index (χ2n) is 14.2. The lowest BCUT2D eigenvalue weighted by atomic mass is 10.1. The molecule has 46 heavy (non-hydrogen) atoms. The van der Waals surface area contributed by atoms with Crippen LogP contribution < -0.4 is 0 Å². The van der Waals surface area contributed by atoms with Crippen molar-refractivity contribution >= 4 is 11.7 Å². The fourth-order valence-corrected chi connectivity index (χ4v) is 6.96. The second-order valence-corrected chi connectivity index (χ2v) is 14.2. The Bertz CT molecular complexity index is 731. The summed E-state index contributed by atoms with van der Waals surface area (Å²) in [5.41, 5.74) is 0. The molecule has 266 valence electrons. The van der Waals surface area contributed by atoms with Gasteiger partial charge in [-0.1, -0.05) is 141 Å². The van der Waals surface area contributed by atoms with E-state index >= 15 is 0 Å². The molecule has 0 atom stereocenters. The van der Waals surface area contributed by atoms with Crippen molar-refractivity contribution in [1.82, 2.24) is 9.80 Å². The third-order valence-electron chi connectivity index (χ3n) is 10.0. The predicted molar refractivity (Wildman–Crippen MR) is 207 cm³/mol. The Kier molecular flexibility index (Phi) is 27.1. The van der Waals surface area contributed by atoms with Crippen LogP contribution in [0.2, 0.25) is 0 Å². The largest absolute Gasteiger partial charge is 0.357 e. The van der Waals surface area contributed by atoms with Crippen molar-refractivity contribution in [2.24, 2.45) is 9.98 Å². The van der Waals surface area contributed by atoms with Gasteiger partial charge in [-0.15, -0.1) is 0 Å². The molecule has 0 amide bonds. The highest BCUT2D eigenvalue weighted by molar-refractivity contribution is 5.85. The number of amidine groups is 2. The zero-order valence-corrected chi connectivity index (χ0v) is 31.1. The maximum Gasteiger partial charge on any atom is 0.0990 e. The van der Waals surface area contributed by atoms with E-state index in [1.54, 1.807) is 0 Å². The van der Waals surface area contributed by atoms with Crippen LogP contribution in [0.3, 0.4) is 0 Å². The fourth-order valence-electron chi connectivity index (χ4n) is 6.96. The highest BCUT2D eigenvalue weighted by atomic mass is 15.3. The average molecular weight is 639 g/mol. The highest BCUT2D eigenvalue weighted by Gasteiger charge is 2.20. The van der Waals surface area contributed by atoms with Gasteiger partial charge in [-0.25, -0.2) is 0 Å². The van der Waals surface area contributed by atoms with Crippen LogP contribution in [0.5, 0.6) is 0 Å². The quantitative estimate of drug-likeness (QED) is 0.0529. The zero-order valence-electron chi connectivity index (χ0n) is 31.1. The van der Waals surface area contributed by atoms with Gasteiger partial charge in [0.05, 0.1) is 24.8 Å². The molecule has 0 saturated carbocycles. The lowest BCUT2D eigenvalue weighted by molar-refractivity contribution is 0.362. The third-order valence-corrected chi connectivity index (χ3v) is 10.0. The van der Waals surface area contributed by atoms with Crippen molar-refractivity contribution in [1.29, 1.82) is 0 Å². The first-order valence-corrected chi connectivity index (χ1v) is 20.7. The molecule has 0 aliphatic carbocycles. The third kappa shape index (κ3) is 22.1. The van der Waals surface area contributed by atoms with E-state index in [0.29, 0.717) is 0 Å². The smallest absolute Gasteiger partial charge is 0.0990 e. The van der Waals surface area contributed by atoms with Crippen LogP contribution >= 0.6 is 0 Å². The van der Waals surface area contributed by atoms with Gasteiger partial charge in [0.1, 0.15) is 0 Å². The summed E-state index contributed by atoms with van der Waals surface area (Å²) in [5, 5.41) is 0. The van der Waals surface area contributed by atoms with E-state index in [2.05, 4.69) is 48.0 Å². The van der Waals surface area contributed by atoms with Crippen molar-refractivity contribution < 1.29 is 0 Å². The second kappa shape index (κ2) is 30.7. The predicted octanol–water partition coefficient (Wildman–Crippen LogP) is 12.5. The van der Waals surface area contributed by atoms with E-state index < -0.39 is 0 Å². The van der Waals surface area contributed by atoms with Gasteiger partial charge in [0.15, 0.2) is 0 Å². The van der Waals surface area contributed by atoms with Crippen LogP contribution in [0.4, 0.5) is 0 Å². The van der Waals surface area contributed by atoms with Crippen LogP contribution in [0.25, 0.3) is 0 Å². The molecule has 4 heteroatoms. The molecule has 0 aromatic heterocycles. The Balaban J connectivity index is 1.40. The summed E-state index contributed by atoms with van der Waals surface area (Å²) >= 11 is 0. The molecular weight excluding hydrogens is 560 g/mol. The lowest BCUT2D eigenvalue weighted by Gasteiger charge is -2.26. The minimum absolute atomic E-state index is 0.996. The first-order valence-electron chi connectivity index (χ1n) is 20.7. The summed E-state index contributed by atoms with van der Waals surface area (Å²) in [5.74, 6) is 2.76. The number of allylic oxidation sites excluding steroid dienone is 4. The molecule has 2 heterocycles. The molecule has 0 bridgehead atoms. The first kappa shape index (κ1) is 40.6. The normalized spacial score (nSPS) is 15.3. The van der Waals surface area contributed by atoms with Gasteiger partial charge in [0, 0.05) is 39.0 Å². The SMILES string of the molecule is CCCCCCCCC=CCCCCCCCC1=NCCN1CCN1CCN=C1CCCCCCCC=CCCCCCCCC. The van der Waals surface area contributed by atoms with Gasteiger partial charge in [-0.3, -0.25) is 9.98 Å². The molecule has 2 aliphatic rings. The molecule has 0 saturated heterocycles. The van der Waals surface area contributed by atoms with Crippen molar-refractivity contribution in [2.45, 2.75) is 194 Å². The summed E-state index contributed by atoms with van der Waals surface area (Å²) in [6.07, 6.45) is 47.6. The minimum Gasteiger partial charge on any atom is -0.357 e. The van der Waals surface area contributed by atoms with E-state index in [4.69, 9.17) is 9.98 Å². The van der Waals surface area contributed by atoms with Crippen LogP contribution in [0.15, 0.2) is 34.3 Å². The minimum atomic E-state index is 0.996. The topological polar surface area (TPSA) is 31.2 Å². The summed E-state index contributed by atoms with van der Waals surface area (Å²) in [7, 11) is 0. The number of unbranched alkanes of at least 4 members (excludes halogenated alkanes) is 22. The van der Waals surface area contributed by atoms with Gasteiger partial charge < -0.3 is 9.80 Å². The van der Waals surface area contributed by atoms with E-state index in [1.807, 2.05) is 0 Å². The fraction of sp³-hybridized carbons (Fsp3) is 0.857. The van der Waals surface area contributed by atoms with E-state index in [9.17, 15) is 0 Å². The summed E-state index contributed by atoms with van der Waals surface area (Å²) in [6, 6.07) is 0. The van der Waals surface area contributed by atoms with Crippen LogP contribution in [-0.4, -0.2) is 60.7 Å². The molecule has 4 nitrogen and oxygen atoms in total. The number of rotatable bonds is 33. The Morgan fingerprint density at radius 3 is 1.07 bits per heavy atom. The van der Waals surface area contributed by atoms with Gasteiger partial charge in [0.2, 0.25) is 0 Å². The molecule has 0 fully saturated rings. The zero-order chi connectivity index (χ0) is 32.6. The molecule has 0 radical (unpaired) electrons. The summed E-state index contributed by atoms with van der Waals surface area (Å²) < 4.78 is 0. The average Bonchev–Trinajstić information content (AvgIpc) is 3.72. The maximum atomic E-state index is 4.89. The molecule has 0 unspecified atom stereocenters. The maximum absolute atomic E-state index is 4.89. The Morgan fingerprint density at radius 2 is 0.717 bits per heavy atom. The molecular formula is C42H78N4. The lowest BCUT2D eigenvalue weighted by Crippen LogP contribution is -2.38. The monoisotopic (exact) mass is 639 g/mol. The van der Waals surface area contributed by atoms with E-state index in [-0.39, 0.29) is 0 Å². The van der Waals surface area contributed by atoms with Crippen LogP contribution in [0.1, 0.15) is 194 Å². The molecule has 0 spiro atoms. The van der Waals surface area contributed by atoms with E-state index in [0.717, 1.165) is 39.3 Å². The van der Waals surface area contributed by atoms with Crippen molar-refractivity contribution in [3.05, 3.63) is 24.3 Å². The first-order chi connectivity index (χ1) is 22.8. The van der Waals surface area contributed by atoms with Crippen molar-refractivity contribution in [3.8, 4) is 0 Å². The number of hydrogen-bond acceptors (Lipinski definition) is 4. The number of nitrogens with zero attached hydrogens (tertiary/aromatic N) is 4. The summed E-state index contributed by atoms with van der Waals surface area (Å²) in [4.78, 5) is 14.9. The number of hydrogen-bond donors (Lipinski definition) is 0. The van der Waals surface area contributed by atoms with Crippen molar-refractivity contribution in [2.75, 3.05) is 39.3 Å². The van der Waals surface area contributed by atoms with Gasteiger partial charge in [-0.05, 0) is 64.2 Å². The Morgan fingerprint density at radius 1 is 0.413 bits per heavy atom. The molecule has 0 aromatic carbocycles. The summed E-state index contributed by atoms with van der Waals surface area (Å²) in [6.45, 7) is 11.1. The highest BCUT2D eigenvalue weighted by Crippen LogP contribution is 2.16. The number of aliphatic imine (C=N–C) groups is 2. The standard InChI is InChI=1S/C42H78N4/c1-3-5-7-9-11-13-15-17-19-21-23-25-27-29-31-33-41-43-35-37-45(41)39-40-46-38-36-44-42(46)34-32-30-28-26-24-22-20-18-16-14-12-10-8-6-4-2/h17-20H,3-16,21-40H2,1-2H3.